The molecule has 0 spiro atoms. The summed E-state index contributed by atoms with van der Waals surface area (Å²) in [6.07, 6.45) is 5.76. The predicted molar refractivity (Wildman–Crippen MR) is 86.5 cm³/mol. The molecule has 0 aliphatic heterocycles. The van der Waals surface area contributed by atoms with Crippen LogP contribution in [0.1, 0.15) is 48.5 Å². The molecule has 6 nitrogen and oxygen atoms in total. The Morgan fingerprint density at radius 1 is 0.955 bits per heavy atom. The largest absolute Gasteiger partial charge is 0.545 e. The molecule has 0 aromatic heterocycles. The van der Waals surface area contributed by atoms with Crippen molar-refractivity contribution in [1.29, 1.82) is 0 Å². The van der Waals surface area contributed by atoms with Gasteiger partial charge < -0.3 is 30.2 Å². The summed E-state index contributed by atoms with van der Waals surface area (Å²) in [6, 6.07) is 0. The quantitative estimate of drug-likeness (QED) is 0.357. The van der Waals surface area contributed by atoms with Crippen LogP contribution in [-0.2, 0) is 84.6 Å². The Kier molecular flexibility index (Phi) is 315. The first kappa shape index (κ1) is 56.9. The Bertz CT molecular complexity index is 144. The number of hydrogen-bond acceptors (Lipinski definition) is 6. The first-order valence-corrected chi connectivity index (χ1v) is 5.32. The summed E-state index contributed by atoms with van der Waals surface area (Å²) in [7, 11) is 1.80. The van der Waals surface area contributed by atoms with E-state index in [1.165, 1.54) is 13.2 Å². The molecule has 0 aliphatic rings. The van der Waals surface area contributed by atoms with E-state index in [0.29, 0.717) is 19.4 Å². The fraction of sp³-hybridized carbons (Fsp3) is 0.714. The maximum absolute atomic E-state index is 9.40. The van der Waals surface area contributed by atoms with Crippen molar-refractivity contribution in [2.75, 3.05) is 20.1 Å². The van der Waals surface area contributed by atoms with Crippen LogP contribution in [0.4, 0.5) is 0 Å². The van der Waals surface area contributed by atoms with Crippen LogP contribution in [0, 0.1) is 0 Å². The maximum Gasteiger partial charge on any atom is 0 e. The van der Waals surface area contributed by atoms with Gasteiger partial charge in [0.25, 0.3) is 0 Å². The summed E-state index contributed by atoms with van der Waals surface area (Å²) in [4.78, 5) is 35.0. The molecule has 22 heavy (non-hydrogen) atoms. The molecule has 0 bridgehead atoms. The zero-order chi connectivity index (χ0) is 15.7. The number of hydrogen-bond donors (Lipinski definition) is 2. The molecule has 0 unspecified atom stereocenters. The molecule has 8 heteroatoms. The van der Waals surface area contributed by atoms with Crippen molar-refractivity contribution in [2.24, 2.45) is 5.73 Å². The van der Waals surface area contributed by atoms with E-state index in [1.54, 1.807) is 19.6 Å². The molecule has 0 saturated heterocycles. The van der Waals surface area contributed by atoms with Crippen molar-refractivity contribution in [1.82, 2.24) is 5.32 Å². The second-order valence-corrected chi connectivity index (χ2v) is 1.89. The van der Waals surface area contributed by atoms with Gasteiger partial charge in [-0.15, -0.1) is 12.8 Å². The fourth-order valence-electron chi connectivity index (χ4n) is 0.235. The van der Waals surface area contributed by atoms with E-state index in [0.717, 1.165) is 6.54 Å². The van der Waals surface area contributed by atoms with Crippen LogP contribution in [0.15, 0.2) is 0 Å². The summed E-state index contributed by atoms with van der Waals surface area (Å²) in [5.74, 6) is 0. The molecule has 0 aliphatic carbocycles. The van der Waals surface area contributed by atoms with Crippen molar-refractivity contribution >= 4 is 25.6 Å². The van der Waals surface area contributed by atoms with Gasteiger partial charge in [0.2, 0.25) is 0 Å². The minimum absolute atomic E-state index is 0. The number of nitrogens with one attached hydrogen (secondary N) is 1. The first-order chi connectivity index (χ1) is 8.74. The summed E-state index contributed by atoms with van der Waals surface area (Å²) >= 11 is 0. The van der Waals surface area contributed by atoms with Gasteiger partial charge in [0.05, 0.1) is 0 Å². The second-order valence-electron chi connectivity index (χ2n) is 1.89. The Morgan fingerprint density at radius 2 is 1.23 bits per heavy atom. The smallest absolute Gasteiger partial charge is 0 e. The minimum Gasteiger partial charge on any atom is -0.545 e. The van der Waals surface area contributed by atoms with Gasteiger partial charge in [-0.1, -0.05) is 28.7 Å². The molecule has 0 rings (SSSR count). The van der Waals surface area contributed by atoms with Crippen LogP contribution in [0.5, 0.6) is 0 Å². The van der Waals surface area contributed by atoms with E-state index >= 15 is 0 Å². The number of rotatable bonds is 5. The predicted octanol–water partition coefficient (Wildman–Crippen LogP) is 1.29. The Balaban J connectivity index is -0.0000000140. The van der Waals surface area contributed by atoms with Crippen molar-refractivity contribution < 1.29 is 84.6 Å². The van der Waals surface area contributed by atoms with Crippen LogP contribution < -0.4 is 11.1 Å². The van der Waals surface area contributed by atoms with Crippen molar-refractivity contribution in [3.8, 4) is 0 Å². The Hall–Kier alpha value is 0.808. The van der Waals surface area contributed by atoms with Gasteiger partial charge in [0.15, 0.2) is 0 Å². The summed E-state index contributed by atoms with van der Waals surface area (Å²) in [5.41, 5.74) is 4.88. The first-order valence-electron chi connectivity index (χ1n) is 5.32. The average molecular weight is 470 g/mol. The molecular weight excluding hydrogens is 438 g/mol. The molecule has 0 fully saturated rings. The van der Waals surface area contributed by atoms with Crippen LogP contribution in [0.3, 0.4) is 0 Å². The van der Waals surface area contributed by atoms with E-state index in [1.807, 2.05) is 13.8 Å². The number of nitrogens with two attached hydrogens (primary N) is 1. The molecule has 0 aromatic rings. The molecular formula is C14H32N2O4Y2-4. The van der Waals surface area contributed by atoms with Gasteiger partial charge in [0.1, 0.15) is 0 Å². The van der Waals surface area contributed by atoms with E-state index in [-0.39, 0.29) is 80.3 Å². The van der Waals surface area contributed by atoms with E-state index in [2.05, 4.69) is 12.1 Å². The molecule has 132 valence electrons. The zero-order valence-corrected chi connectivity index (χ0v) is 18.4. The fourth-order valence-corrected chi connectivity index (χ4v) is 0.235. The van der Waals surface area contributed by atoms with E-state index in [4.69, 9.17) is 15.3 Å². The molecule has 0 amide bonds. The van der Waals surface area contributed by atoms with E-state index in [9.17, 15) is 9.59 Å². The third-order valence-electron chi connectivity index (χ3n) is 0.723. The monoisotopic (exact) mass is 470 g/mol. The van der Waals surface area contributed by atoms with Crippen molar-refractivity contribution in [3.63, 3.8) is 0 Å². The molecule has 2 radical (unpaired) electrons. The van der Waals surface area contributed by atoms with Crippen LogP contribution in [0.25, 0.3) is 0 Å². The average Bonchev–Trinajstić information content (AvgIpc) is 2.43. The van der Waals surface area contributed by atoms with Gasteiger partial charge in [-0.3, -0.25) is 25.6 Å². The maximum atomic E-state index is 9.40. The van der Waals surface area contributed by atoms with Crippen molar-refractivity contribution in [3.05, 3.63) is 0 Å². The molecule has 0 aromatic carbocycles. The van der Waals surface area contributed by atoms with Gasteiger partial charge in [-0.05, 0) is 20.1 Å². The third-order valence-corrected chi connectivity index (χ3v) is 0.723. The summed E-state index contributed by atoms with van der Waals surface area (Å²) < 4.78 is 0. The van der Waals surface area contributed by atoms with Crippen LogP contribution in [0.2, 0.25) is 0 Å². The van der Waals surface area contributed by atoms with Crippen LogP contribution >= 0.6 is 0 Å². The summed E-state index contributed by atoms with van der Waals surface area (Å²) in [6.45, 7) is 9.73. The molecule has 0 saturated carbocycles. The number of carbonyl (C=O) groups excluding carboxylic acids is 4. The van der Waals surface area contributed by atoms with Gasteiger partial charge in [-0.2, -0.15) is 6.92 Å². The topological polar surface area (TPSA) is 106 Å². The SMILES string of the molecule is C.C.CC.CNCC[C-]=O.C[C-]=O.NCC[C-]=O.[CH-]=O.[Y].[Y]. The van der Waals surface area contributed by atoms with Crippen molar-refractivity contribution in [2.45, 2.75) is 48.5 Å². The van der Waals surface area contributed by atoms with Gasteiger partial charge in [-0.25, -0.2) is 0 Å². The molecule has 0 heterocycles. The summed E-state index contributed by atoms with van der Waals surface area (Å²) in [5, 5.41) is 2.81. The Morgan fingerprint density at radius 3 is 1.27 bits per heavy atom. The zero-order valence-electron chi connectivity index (χ0n) is 12.8. The third kappa shape index (κ3) is 242. The molecule has 0 atom stereocenters. The second kappa shape index (κ2) is 122. The van der Waals surface area contributed by atoms with Crippen LogP contribution in [-0.4, -0.2) is 45.8 Å². The Labute approximate surface area is 188 Å². The van der Waals surface area contributed by atoms with Gasteiger partial charge >= 0.3 is 0 Å². The standard InChI is InChI=1S/C4H8NO.C3H6NO.C2H3O.C2H6.CHO.2CH4.2Y/c1-5-3-2-4-6;4-2-1-3-5;1-2-3;2*1-2;;;;/h5H,2-3H2,1H3;1-2,4H2;1H3;1-2H3;1H;2*1H4;;/q3*-1;;-1;;;;. The normalized spacial score (nSPS) is 4.95. The van der Waals surface area contributed by atoms with E-state index < -0.39 is 0 Å². The van der Waals surface area contributed by atoms with Gasteiger partial charge in [0, 0.05) is 65.4 Å². The minimum atomic E-state index is 0. The molecule has 3 N–H and O–H groups in total.